The number of benzene rings is 1. The van der Waals surface area contributed by atoms with Crippen molar-refractivity contribution in [2.45, 2.75) is 54.6 Å². The van der Waals surface area contributed by atoms with Gasteiger partial charge in [0.15, 0.2) is 5.82 Å². The summed E-state index contributed by atoms with van der Waals surface area (Å²) in [5.41, 5.74) is 1.18. The Kier molecular flexibility index (Phi) is 5.63. The number of ether oxygens (including phenoxy) is 2. The van der Waals surface area contributed by atoms with Gasteiger partial charge in [-0.3, -0.25) is 0 Å². The van der Waals surface area contributed by atoms with E-state index in [2.05, 4.69) is 22.3 Å². The maximum absolute atomic E-state index is 12.7. The number of anilines is 2. The maximum atomic E-state index is 12.7. The minimum Gasteiger partial charge on any atom is -0.611 e. The van der Waals surface area contributed by atoms with Crippen LogP contribution in [0.2, 0.25) is 0 Å². The van der Waals surface area contributed by atoms with E-state index in [0.29, 0.717) is 41.9 Å². The Balaban J connectivity index is 1.20. The lowest BCUT2D eigenvalue weighted by Crippen LogP contribution is -2.61. The lowest BCUT2D eigenvalue weighted by Gasteiger charge is -2.49. The molecule has 8 nitrogen and oxygen atoms in total. The standard InChI is InChI=1S/C25H32N4O4S/c1-32-25(18-5-7-19(8-6-18)33-13-17-3-4-17)14-29(15-25)23-26-20-9-12-34(31)21(20)22(27-23)28-24(16-30)10-2-11-24/h5-8,17,30H,2-4,9-16H2,1H3,(H,26,27,28)/t34-/m1/s1. The number of hydrogen-bond donors (Lipinski definition) is 2. The molecule has 1 aromatic heterocycles. The van der Waals surface area contributed by atoms with Gasteiger partial charge in [-0.1, -0.05) is 12.1 Å². The smallest absolute Gasteiger partial charge is 0.228 e. The van der Waals surface area contributed by atoms with Crippen LogP contribution in [0.3, 0.4) is 0 Å². The van der Waals surface area contributed by atoms with Gasteiger partial charge in [0, 0.05) is 13.5 Å². The van der Waals surface area contributed by atoms with Crippen LogP contribution in [0.1, 0.15) is 43.4 Å². The van der Waals surface area contributed by atoms with Gasteiger partial charge in [0.05, 0.1) is 31.8 Å². The van der Waals surface area contributed by atoms with Crippen molar-refractivity contribution in [1.29, 1.82) is 0 Å². The van der Waals surface area contributed by atoms with Crippen molar-refractivity contribution in [3.05, 3.63) is 35.5 Å². The van der Waals surface area contributed by atoms with Crippen molar-refractivity contribution in [3.63, 3.8) is 0 Å². The van der Waals surface area contributed by atoms with E-state index in [0.717, 1.165) is 48.8 Å². The molecule has 0 amide bonds. The number of methoxy groups -OCH3 is 1. The molecule has 9 heteroatoms. The average molecular weight is 485 g/mol. The first-order chi connectivity index (χ1) is 16.5. The topological polar surface area (TPSA) is 103 Å². The van der Waals surface area contributed by atoms with Crippen molar-refractivity contribution in [3.8, 4) is 5.75 Å². The first-order valence-corrected chi connectivity index (χ1v) is 13.6. The highest BCUT2D eigenvalue weighted by Gasteiger charge is 2.47. The highest BCUT2D eigenvalue weighted by Crippen LogP contribution is 2.42. The molecule has 6 rings (SSSR count). The first kappa shape index (κ1) is 22.4. The molecule has 1 atom stereocenters. The Hall–Kier alpha value is -2.07. The Morgan fingerprint density at radius 2 is 1.97 bits per heavy atom. The van der Waals surface area contributed by atoms with Crippen LogP contribution in [0.15, 0.2) is 29.2 Å². The zero-order valence-electron chi connectivity index (χ0n) is 19.6. The molecule has 2 N–H and O–H groups in total. The molecule has 2 aliphatic heterocycles. The van der Waals surface area contributed by atoms with Gasteiger partial charge in [0.25, 0.3) is 0 Å². The SMILES string of the molecule is COC1(c2ccc(OCC3CC3)cc2)CN(c2nc3c(c(NC4(CO)CCC4)n2)[S@+]([O-])CC3)C1. The Morgan fingerprint density at radius 3 is 2.59 bits per heavy atom. The van der Waals surface area contributed by atoms with Gasteiger partial charge < -0.3 is 29.3 Å². The highest BCUT2D eigenvalue weighted by atomic mass is 32.2. The summed E-state index contributed by atoms with van der Waals surface area (Å²) < 4.78 is 24.5. The predicted octanol–water partition coefficient (Wildman–Crippen LogP) is 2.62. The van der Waals surface area contributed by atoms with Crippen LogP contribution in [-0.4, -0.2) is 64.3 Å². The third-order valence-corrected chi connectivity index (χ3v) is 9.26. The summed E-state index contributed by atoms with van der Waals surface area (Å²) in [6.45, 7) is 2.12. The van der Waals surface area contributed by atoms with Gasteiger partial charge >= 0.3 is 0 Å². The van der Waals surface area contributed by atoms with Crippen LogP contribution in [0, 0.1) is 5.92 Å². The van der Waals surface area contributed by atoms with Crippen molar-refractivity contribution >= 4 is 22.9 Å². The van der Waals surface area contributed by atoms with Crippen LogP contribution < -0.4 is 15.0 Å². The molecular formula is C25H32N4O4S. The first-order valence-electron chi connectivity index (χ1n) is 12.2. The molecule has 34 heavy (non-hydrogen) atoms. The number of aliphatic hydroxyl groups is 1. The number of aromatic nitrogens is 2. The van der Waals surface area contributed by atoms with E-state index >= 15 is 0 Å². The molecule has 0 spiro atoms. The van der Waals surface area contributed by atoms with Crippen LogP contribution in [0.5, 0.6) is 5.75 Å². The largest absolute Gasteiger partial charge is 0.611 e. The monoisotopic (exact) mass is 484 g/mol. The molecular weight excluding hydrogens is 452 g/mol. The second-order valence-corrected chi connectivity index (χ2v) is 11.7. The molecule has 2 saturated carbocycles. The fourth-order valence-corrected chi connectivity index (χ4v) is 6.39. The average Bonchev–Trinajstić information content (AvgIpc) is 3.56. The summed E-state index contributed by atoms with van der Waals surface area (Å²) >= 11 is -1.10. The summed E-state index contributed by atoms with van der Waals surface area (Å²) in [5.74, 6) is 3.45. The van der Waals surface area contributed by atoms with Crippen LogP contribution in [-0.2, 0) is 27.9 Å². The van der Waals surface area contributed by atoms with Gasteiger partial charge in [-0.25, -0.2) is 4.98 Å². The summed E-state index contributed by atoms with van der Waals surface area (Å²) in [6, 6.07) is 8.23. The van der Waals surface area contributed by atoms with E-state index in [9.17, 15) is 9.66 Å². The zero-order chi connectivity index (χ0) is 23.3. The van der Waals surface area contributed by atoms with Crippen LogP contribution >= 0.6 is 0 Å². The number of rotatable bonds is 9. The third-order valence-electron chi connectivity index (χ3n) is 7.80. The lowest BCUT2D eigenvalue weighted by molar-refractivity contribution is -0.0390. The summed E-state index contributed by atoms with van der Waals surface area (Å²) in [7, 11) is 1.75. The molecule has 1 saturated heterocycles. The van der Waals surface area contributed by atoms with Crippen molar-refractivity contribution in [2.24, 2.45) is 5.92 Å². The summed E-state index contributed by atoms with van der Waals surface area (Å²) in [4.78, 5) is 12.4. The number of aryl methyl sites for hydroxylation is 1. The molecule has 0 unspecified atom stereocenters. The second-order valence-electron chi connectivity index (χ2n) is 10.2. The molecule has 4 aliphatic rings. The summed E-state index contributed by atoms with van der Waals surface area (Å²) in [6.07, 6.45) is 6.09. The fraction of sp³-hybridized carbons (Fsp3) is 0.600. The van der Waals surface area contributed by atoms with Gasteiger partial charge in [0.1, 0.15) is 22.8 Å². The highest BCUT2D eigenvalue weighted by molar-refractivity contribution is 7.91. The van der Waals surface area contributed by atoms with E-state index < -0.39 is 16.8 Å². The van der Waals surface area contributed by atoms with Gasteiger partial charge in [-0.05, 0) is 66.9 Å². The van der Waals surface area contributed by atoms with E-state index in [-0.39, 0.29) is 12.1 Å². The molecule has 3 heterocycles. The van der Waals surface area contributed by atoms with Crippen molar-refractivity contribution < 1.29 is 19.1 Å². The van der Waals surface area contributed by atoms with E-state index in [1.54, 1.807) is 7.11 Å². The molecule has 2 aromatic rings. The fourth-order valence-electron chi connectivity index (χ4n) is 5.08. The molecule has 2 aliphatic carbocycles. The zero-order valence-corrected chi connectivity index (χ0v) is 20.4. The Morgan fingerprint density at radius 1 is 1.21 bits per heavy atom. The number of fused-ring (bicyclic) bond motifs is 1. The Bertz CT molecular complexity index is 1050. The third kappa shape index (κ3) is 3.92. The molecule has 182 valence electrons. The minimum absolute atomic E-state index is 0.0462. The number of nitrogens with one attached hydrogen (secondary N) is 1. The number of aliphatic hydroxyl groups excluding tert-OH is 1. The van der Waals surface area contributed by atoms with Gasteiger partial charge in [-0.2, -0.15) is 4.98 Å². The Labute approximate surface area is 203 Å². The van der Waals surface area contributed by atoms with Crippen LogP contribution in [0.25, 0.3) is 0 Å². The maximum Gasteiger partial charge on any atom is 0.228 e. The van der Waals surface area contributed by atoms with Crippen molar-refractivity contribution in [2.75, 3.05) is 49.4 Å². The minimum atomic E-state index is -1.10. The predicted molar refractivity (Wildman–Crippen MR) is 130 cm³/mol. The van der Waals surface area contributed by atoms with E-state index in [4.69, 9.17) is 19.4 Å². The molecule has 0 bridgehead atoms. The second kappa shape index (κ2) is 8.55. The van der Waals surface area contributed by atoms with E-state index in [1.165, 1.54) is 12.8 Å². The number of hydrogen-bond acceptors (Lipinski definition) is 8. The lowest BCUT2D eigenvalue weighted by atomic mass is 9.77. The van der Waals surface area contributed by atoms with Crippen LogP contribution in [0.4, 0.5) is 11.8 Å². The molecule has 1 aromatic carbocycles. The quantitative estimate of drug-likeness (QED) is 0.524. The van der Waals surface area contributed by atoms with Gasteiger partial charge in [-0.15, -0.1) is 0 Å². The molecule has 0 radical (unpaired) electrons. The number of nitrogens with zero attached hydrogens (tertiary/aromatic N) is 3. The summed E-state index contributed by atoms with van der Waals surface area (Å²) in [5, 5.41) is 13.4. The molecule has 3 fully saturated rings. The van der Waals surface area contributed by atoms with Gasteiger partial charge in [0.2, 0.25) is 10.8 Å². The normalized spacial score (nSPS) is 24.2. The van der Waals surface area contributed by atoms with Crippen molar-refractivity contribution in [1.82, 2.24) is 9.97 Å². The van der Waals surface area contributed by atoms with E-state index in [1.807, 2.05) is 12.1 Å².